The van der Waals surface area contributed by atoms with Crippen LogP contribution in [0.1, 0.15) is 0 Å². The summed E-state index contributed by atoms with van der Waals surface area (Å²) in [7, 11) is 0. The van der Waals surface area contributed by atoms with Gasteiger partial charge in [0, 0.05) is 10.9 Å². The van der Waals surface area contributed by atoms with Gasteiger partial charge in [-0.05, 0) is 6.07 Å². The van der Waals surface area contributed by atoms with Gasteiger partial charge in [-0.15, -0.1) is 0 Å². The van der Waals surface area contributed by atoms with Crippen molar-refractivity contribution in [2.75, 3.05) is 0 Å². The Hall–Kier alpha value is -2.10. The lowest BCUT2D eigenvalue weighted by Crippen LogP contribution is -2.04. The minimum Gasteiger partial charge on any atom is -0.339 e. The van der Waals surface area contributed by atoms with Crippen LogP contribution in [0, 0.1) is 0 Å². The van der Waals surface area contributed by atoms with E-state index in [1.165, 1.54) is 6.33 Å². The van der Waals surface area contributed by atoms with Crippen molar-refractivity contribution in [2.45, 2.75) is 0 Å². The number of para-hydroxylation sites is 1. The molecule has 0 aliphatic heterocycles. The molecule has 0 bridgehead atoms. The number of hydrogen-bond acceptors (Lipinski definition) is 2. The van der Waals surface area contributed by atoms with E-state index in [4.69, 9.17) is 0 Å². The van der Waals surface area contributed by atoms with E-state index < -0.39 is 0 Å². The van der Waals surface area contributed by atoms with E-state index in [2.05, 4.69) is 15.0 Å². The highest BCUT2D eigenvalue weighted by Gasteiger charge is 2.06. The molecule has 0 atom stereocenters. The van der Waals surface area contributed by atoms with Crippen molar-refractivity contribution in [1.82, 2.24) is 15.0 Å². The third-order valence-corrected chi connectivity index (χ3v) is 2.30. The predicted octanol–water partition coefficient (Wildman–Crippen LogP) is 1.40. The van der Waals surface area contributed by atoms with Crippen LogP contribution in [0.2, 0.25) is 0 Å². The van der Waals surface area contributed by atoms with Gasteiger partial charge in [-0.1, -0.05) is 18.2 Å². The normalized spacial score (nSPS) is 11.1. The summed E-state index contributed by atoms with van der Waals surface area (Å²) in [4.78, 5) is 21.3. The molecule has 0 fully saturated rings. The molecule has 1 aromatic carbocycles. The first-order valence-electron chi connectivity index (χ1n) is 4.30. The van der Waals surface area contributed by atoms with Gasteiger partial charge in [0.1, 0.15) is 5.65 Å². The number of nitrogens with one attached hydrogen (secondary N) is 2. The number of H-pyrrole nitrogens is 2. The van der Waals surface area contributed by atoms with E-state index in [-0.39, 0.29) is 5.56 Å². The van der Waals surface area contributed by atoms with Crippen LogP contribution in [-0.2, 0) is 0 Å². The first kappa shape index (κ1) is 7.32. The topological polar surface area (TPSA) is 61.5 Å². The van der Waals surface area contributed by atoms with E-state index >= 15 is 0 Å². The zero-order valence-corrected chi connectivity index (χ0v) is 7.24. The second kappa shape index (κ2) is 2.45. The number of rotatable bonds is 0. The molecule has 0 aliphatic carbocycles. The first-order chi connectivity index (χ1) is 6.86. The maximum Gasteiger partial charge on any atom is 0.260 e. The van der Waals surface area contributed by atoms with Gasteiger partial charge < -0.3 is 9.97 Å². The Morgan fingerprint density at radius 2 is 2.07 bits per heavy atom. The van der Waals surface area contributed by atoms with Crippen molar-refractivity contribution in [1.29, 1.82) is 0 Å². The maximum absolute atomic E-state index is 11.5. The van der Waals surface area contributed by atoms with Crippen LogP contribution >= 0.6 is 0 Å². The highest BCUT2D eigenvalue weighted by molar-refractivity contribution is 6.05. The van der Waals surface area contributed by atoms with Gasteiger partial charge >= 0.3 is 0 Å². The Morgan fingerprint density at radius 1 is 1.21 bits per heavy atom. The molecule has 2 N–H and O–H groups in total. The number of nitrogens with zero attached hydrogens (tertiary/aromatic N) is 1. The molecule has 2 aromatic heterocycles. The molecule has 0 saturated heterocycles. The van der Waals surface area contributed by atoms with Gasteiger partial charge in [0.2, 0.25) is 0 Å². The molecule has 0 amide bonds. The van der Waals surface area contributed by atoms with Crippen LogP contribution in [0.4, 0.5) is 0 Å². The summed E-state index contributed by atoms with van der Waals surface area (Å²) in [5, 5.41) is 1.54. The van der Waals surface area contributed by atoms with Gasteiger partial charge in [0.25, 0.3) is 5.56 Å². The molecule has 4 nitrogen and oxygen atoms in total. The number of aromatic nitrogens is 3. The smallest absolute Gasteiger partial charge is 0.260 e. The molecule has 3 rings (SSSR count). The highest BCUT2D eigenvalue weighted by atomic mass is 16.1. The van der Waals surface area contributed by atoms with Gasteiger partial charge in [-0.2, -0.15) is 0 Å². The van der Waals surface area contributed by atoms with E-state index in [0.29, 0.717) is 11.0 Å². The SMILES string of the molecule is O=c1[nH]cnc2[nH]c3ccccc3c12. The molecule has 0 unspecified atom stereocenters. The molecule has 4 heteroatoms. The molecule has 2 heterocycles. The summed E-state index contributed by atoms with van der Waals surface area (Å²) in [6.45, 7) is 0. The first-order valence-corrected chi connectivity index (χ1v) is 4.30. The molecule has 68 valence electrons. The largest absolute Gasteiger partial charge is 0.339 e. The van der Waals surface area contributed by atoms with Crippen LogP contribution in [0.15, 0.2) is 35.4 Å². The Bertz CT molecular complexity index is 665. The summed E-state index contributed by atoms with van der Waals surface area (Å²) >= 11 is 0. The zero-order valence-electron chi connectivity index (χ0n) is 7.24. The fourth-order valence-electron chi connectivity index (χ4n) is 1.68. The molecule has 0 radical (unpaired) electrons. The van der Waals surface area contributed by atoms with Crippen LogP contribution < -0.4 is 5.56 Å². The summed E-state index contributed by atoms with van der Waals surface area (Å²) in [6, 6.07) is 7.66. The third kappa shape index (κ3) is 0.821. The molecule has 14 heavy (non-hydrogen) atoms. The van der Waals surface area contributed by atoms with Gasteiger partial charge in [0.15, 0.2) is 0 Å². The summed E-state index contributed by atoms with van der Waals surface area (Å²) in [5.41, 5.74) is 1.47. The molecule has 0 spiro atoms. The second-order valence-corrected chi connectivity index (χ2v) is 3.13. The second-order valence-electron chi connectivity index (χ2n) is 3.13. The molecule has 3 aromatic rings. The van der Waals surface area contributed by atoms with E-state index in [9.17, 15) is 4.79 Å². The van der Waals surface area contributed by atoms with Gasteiger partial charge in [0.05, 0.1) is 11.7 Å². The third-order valence-electron chi connectivity index (χ3n) is 2.30. The Labute approximate surface area is 78.6 Å². The Balaban J connectivity index is 2.73. The van der Waals surface area contributed by atoms with Gasteiger partial charge in [-0.25, -0.2) is 4.98 Å². The minimum atomic E-state index is -0.104. The van der Waals surface area contributed by atoms with Crippen LogP contribution in [-0.4, -0.2) is 15.0 Å². The molecular formula is C10H7N3O. The van der Waals surface area contributed by atoms with Crippen molar-refractivity contribution in [3.8, 4) is 0 Å². The van der Waals surface area contributed by atoms with Crippen molar-refractivity contribution >= 4 is 21.9 Å². The average molecular weight is 185 g/mol. The Morgan fingerprint density at radius 3 is 3.00 bits per heavy atom. The number of aromatic amines is 2. The lowest BCUT2D eigenvalue weighted by atomic mass is 10.2. The lowest BCUT2D eigenvalue weighted by Gasteiger charge is -1.86. The monoisotopic (exact) mass is 185 g/mol. The lowest BCUT2D eigenvalue weighted by molar-refractivity contribution is 1.16. The number of fused-ring (bicyclic) bond motifs is 3. The van der Waals surface area contributed by atoms with Crippen molar-refractivity contribution in [3.63, 3.8) is 0 Å². The number of hydrogen-bond donors (Lipinski definition) is 2. The van der Waals surface area contributed by atoms with E-state index in [1.54, 1.807) is 0 Å². The predicted molar refractivity (Wildman–Crippen MR) is 54.2 cm³/mol. The highest BCUT2D eigenvalue weighted by Crippen LogP contribution is 2.19. The van der Waals surface area contributed by atoms with Crippen LogP contribution in [0.3, 0.4) is 0 Å². The van der Waals surface area contributed by atoms with E-state index in [0.717, 1.165) is 10.9 Å². The van der Waals surface area contributed by atoms with Crippen LogP contribution in [0.25, 0.3) is 21.9 Å². The average Bonchev–Trinajstić information content (AvgIpc) is 2.57. The van der Waals surface area contributed by atoms with Crippen molar-refractivity contribution in [3.05, 3.63) is 40.9 Å². The fraction of sp³-hybridized carbons (Fsp3) is 0. The quantitative estimate of drug-likeness (QED) is 0.556. The molecular weight excluding hydrogens is 178 g/mol. The van der Waals surface area contributed by atoms with E-state index in [1.807, 2.05) is 24.3 Å². The standard InChI is InChI=1S/C10H7N3O/c14-10-8-6-3-1-2-4-7(6)13-9(8)11-5-12-10/h1-5H,(H2,11,12,13,14). The van der Waals surface area contributed by atoms with Crippen LogP contribution in [0.5, 0.6) is 0 Å². The fourth-order valence-corrected chi connectivity index (χ4v) is 1.68. The summed E-state index contributed by atoms with van der Waals surface area (Å²) in [6.07, 6.45) is 1.40. The molecule has 0 aliphatic rings. The summed E-state index contributed by atoms with van der Waals surface area (Å²) in [5.74, 6) is 0. The number of benzene rings is 1. The maximum atomic E-state index is 11.5. The van der Waals surface area contributed by atoms with Crippen molar-refractivity contribution < 1.29 is 0 Å². The minimum absolute atomic E-state index is 0.104. The zero-order chi connectivity index (χ0) is 9.54. The Kier molecular flexibility index (Phi) is 1.28. The van der Waals surface area contributed by atoms with Gasteiger partial charge in [-0.3, -0.25) is 4.79 Å². The van der Waals surface area contributed by atoms with Crippen molar-refractivity contribution in [2.24, 2.45) is 0 Å². The molecule has 0 saturated carbocycles. The summed E-state index contributed by atoms with van der Waals surface area (Å²) < 4.78 is 0.